The number of carbonyl (C=O) groups is 1. The molecule has 0 bridgehead atoms. The van der Waals surface area contributed by atoms with Gasteiger partial charge in [0.2, 0.25) is 5.91 Å². The molecule has 0 atom stereocenters. The van der Waals surface area contributed by atoms with E-state index in [4.69, 9.17) is 4.74 Å². The fourth-order valence-corrected chi connectivity index (χ4v) is 1.64. The predicted octanol–water partition coefficient (Wildman–Crippen LogP) is 1.76. The van der Waals surface area contributed by atoms with Crippen molar-refractivity contribution in [3.05, 3.63) is 23.8 Å². The second-order valence-corrected chi connectivity index (χ2v) is 4.09. The van der Waals surface area contributed by atoms with E-state index in [1.165, 1.54) is 6.92 Å². The Morgan fingerprint density at radius 3 is 2.69 bits per heavy atom. The van der Waals surface area contributed by atoms with Gasteiger partial charge in [-0.05, 0) is 30.7 Å². The maximum Gasteiger partial charge on any atom is 0.221 e. The summed E-state index contributed by atoms with van der Waals surface area (Å²) in [5.74, 6) is -0.0452. The summed E-state index contributed by atoms with van der Waals surface area (Å²) in [6.45, 7) is 5.03. The Balaban J connectivity index is 2.05. The van der Waals surface area contributed by atoms with Crippen molar-refractivity contribution in [1.29, 1.82) is 0 Å². The van der Waals surface area contributed by atoms with E-state index in [-0.39, 0.29) is 5.91 Å². The topological polar surface area (TPSA) is 50.4 Å². The van der Waals surface area contributed by atoms with Crippen LogP contribution in [0.3, 0.4) is 0 Å². The minimum Gasteiger partial charge on any atom is -0.378 e. The zero-order chi connectivity index (χ0) is 11.5. The van der Waals surface area contributed by atoms with Crippen molar-refractivity contribution in [2.45, 2.75) is 19.9 Å². The smallest absolute Gasteiger partial charge is 0.221 e. The standard InChI is InChI=1S/C12H16N2O2/c1-8-5-10(14-11-6-16-7-11)3-4-12(8)13-9(2)15/h3-5,11,14H,6-7H2,1-2H3,(H,13,15). The first-order valence-corrected chi connectivity index (χ1v) is 5.37. The van der Waals surface area contributed by atoms with E-state index in [0.717, 1.165) is 30.2 Å². The average molecular weight is 220 g/mol. The molecule has 0 saturated carbocycles. The first kappa shape index (κ1) is 11.0. The number of benzene rings is 1. The van der Waals surface area contributed by atoms with Gasteiger partial charge in [-0.2, -0.15) is 0 Å². The largest absolute Gasteiger partial charge is 0.378 e. The Hall–Kier alpha value is -1.55. The predicted molar refractivity (Wildman–Crippen MR) is 63.7 cm³/mol. The van der Waals surface area contributed by atoms with Crippen LogP contribution >= 0.6 is 0 Å². The summed E-state index contributed by atoms with van der Waals surface area (Å²) >= 11 is 0. The lowest BCUT2D eigenvalue weighted by Gasteiger charge is -2.28. The lowest BCUT2D eigenvalue weighted by atomic mass is 10.1. The molecule has 16 heavy (non-hydrogen) atoms. The van der Waals surface area contributed by atoms with Crippen LogP contribution in [0.4, 0.5) is 11.4 Å². The van der Waals surface area contributed by atoms with Gasteiger partial charge in [0.1, 0.15) is 0 Å². The molecule has 86 valence electrons. The van der Waals surface area contributed by atoms with Crippen LogP contribution in [-0.2, 0) is 9.53 Å². The molecule has 1 amide bonds. The summed E-state index contributed by atoms with van der Waals surface area (Å²) in [5, 5.41) is 6.15. The summed E-state index contributed by atoms with van der Waals surface area (Å²) in [7, 11) is 0. The third-order valence-corrected chi connectivity index (χ3v) is 2.55. The molecule has 4 heteroatoms. The summed E-state index contributed by atoms with van der Waals surface area (Å²) in [4.78, 5) is 10.9. The first-order valence-electron chi connectivity index (χ1n) is 5.37. The van der Waals surface area contributed by atoms with Gasteiger partial charge in [-0.25, -0.2) is 0 Å². The molecule has 0 spiro atoms. The van der Waals surface area contributed by atoms with Crippen LogP contribution in [0, 0.1) is 6.92 Å². The van der Waals surface area contributed by atoms with Gasteiger partial charge in [0.15, 0.2) is 0 Å². The van der Waals surface area contributed by atoms with Crippen molar-refractivity contribution in [2.24, 2.45) is 0 Å². The molecule has 1 heterocycles. The highest BCUT2D eigenvalue weighted by atomic mass is 16.5. The van der Waals surface area contributed by atoms with E-state index in [1.54, 1.807) is 0 Å². The minimum atomic E-state index is -0.0452. The van der Waals surface area contributed by atoms with Crippen LogP contribution in [0.5, 0.6) is 0 Å². The molecule has 1 fully saturated rings. The third-order valence-electron chi connectivity index (χ3n) is 2.55. The van der Waals surface area contributed by atoms with Crippen LogP contribution in [-0.4, -0.2) is 25.2 Å². The Labute approximate surface area is 95.0 Å². The molecule has 0 aromatic heterocycles. The number of anilines is 2. The summed E-state index contributed by atoms with van der Waals surface area (Å²) in [6.07, 6.45) is 0. The third kappa shape index (κ3) is 2.52. The maximum absolute atomic E-state index is 10.9. The Bertz CT molecular complexity index is 400. The molecule has 1 aromatic carbocycles. The number of aryl methyl sites for hydroxylation is 1. The molecule has 2 rings (SSSR count). The monoisotopic (exact) mass is 220 g/mol. The summed E-state index contributed by atoms with van der Waals surface area (Å²) < 4.78 is 5.09. The van der Waals surface area contributed by atoms with Crippen molar-refractivity contribution < 1.29 is 9.53 Å². The number of hydrogen-bond donors (Lipinski definition) is 2. The highest BCUT2D eigenvalue weighted by molar-refractivity contribution is 5.89. The maximum atomic E-state index is 10.9. The van der Waals surface area contributed by atoms with Gasteiger partial charge in [0, 0.05) is 18.3 Å². The number of ether oxygens (including phenoxy) is 1. The zero-order valence-electron chi connectivity index (χ0n) is 9.54. The average Bonchev–Trinajstić information content (AvgIpc) is 2.15. The highest BCUT2D eigenvalue weighted by Gasteiger charge is 2.17. The van der Waals surface area contributed by atoms with Crippen LogP contribution in [0.15, 0.2) is 18.2 Å². The molecule has 2 N–H and O–H groups in total. The highest BCUT2D eigenvalue weighted by Crippen LogP contribution is 2.21. The Morgan fingerprint density at radius 1 is 1.44 bits per heavy atom. The lowest BCUT2D eigenvalue weighted by molar-refractivity contribution is -0.114. The minimum absolute atomic E-state index is 0.0452. The van der Waals surface area contributed by atoms with Crippen molar-refractivity contribution in [2.75, 3.05) is 23.8 Å². The first-order chi connectivity index (χ1) is 7.65. The van der Waals surface area contributed by atoms with E-state index in [9.17, 15) is 4.79 Å². The summed E-state index contributed by atoms with van der Waals surface area (Å²) in [5.41, 5.74) is 2.99. The van der Waals surface area contributed by atoms with Crippen molar-refractivity contribution in [1.82, 2.24) is 0 Å². The molecule has 4 nitrogen and oxygen atoms in total. The molecular weight excluding hydrogens is 204 g/mol. The fourth-order valence-electron chi connectivity index (χ4n) is 1.64. The van der Waals surface area contributed by atoms with Crippen LogP contribution < -0.4 is 10.6 Å². The molecule has 0 unspecified atom stereocenters. The normalized spacial score (nSPS) is 15.4. The number of rotatable bonds is 3. The van der Waals surface area contributed by atoms with E-state index < -0.39 is 0 Å². The van der Waals surface area contributed by atoms with Gasteiger partial charge in [-0.15, -0.1) is 0 Å². The van der Waals surface area contributed by atoms with Gasteiger partial charge < -0.3 is 15.4 Å². The SMILES string of the molecule is CC(=O)Nc1ccc(NC2COC2)cc1C. The van der Waals surface area contributed by atoms with Crippen LogP contribution in [0.1, 0.15) is 12.5 Å². The zero-order valence-corrected chi connectivity index (χ0v) is 9.54. The van der Waals surface area contributed by atoms with Gasteiger partial charge in [0.05, 0.1) is 19.3 Å². The number of carbonyl (C=O) groups excluding carboxylic acids is 1. The molecular formula is C12H16N2O2. The molecule has 0 radical (unpaired) electrons. The van der Waals surface area contributed by atoms with Crippen molar-refractivity contribution >= 4 is 17.3 Å². The number of nitrogens with one attached hydrogen (secondary N) is 2. The van der Waals surface area contributed by atoms with E-state index >= 15 is 0 Å². The fraction of sp³-hybridized carbons (Fsp3) is 0.417. The lowest BCUT2D eigenvalue weighted by Crippen LogP contribution is -2.40. The van der Waals surface area contributed by atoms with Crippen molar-refractivity contribution in [3.8, 4) is 0 Å². The molecule has 1 saturated heterocycles. The molecule has 0 aliphatic carbocycles. The van der Waals surface area contributed by atoms with E-state index in [0.29, 0.717) is 6.04 Å². The van der Waals surface area contributed by atoms with Gasteiger partial charge >= 0.3 is 0 Å². The van der Waals surface area contributed by atoms with Crippen molar-refractivity contribution in [3.63, 3.8) is 0 Å². The number of hydrogen-bond acceptors (Lipinski definition) is 3. The summed E-state index contributed by atoms with van der Waals surface area (Å²) in [6, 6.07) is 6.34. The second-order valence-electron chi connectivity index (χ2n) is 4.09. The Kier molecular flexibility index (Phi) is 3.10. The van der Waals surface area contributed by atoms with Gasteiger partial charge in [0.25, 0.3) is 0 Å². The van der Waals surface area contributed by atoms with E-state index in [2.05, 4.69) is 10.6 Å². The molecule has 1 aromatic rings. The van der Waals surface area contributed by atoms with Gasteiger partial charge in [-0.3, -0.25) is 4.79 Å². The number of amides is 1. The Morgan fingerprint density at radius 2 is 2.19 bits per heavy atom. The van der Waals surface area contributed by atoms with Crippen LogP contribution in [0.2, 0.25) is 0 Å². The quantitative estimate of drug-likeness (QED) is 0.816. The molecule has 1 aliphatic heterocycles. The van der Waals surface area contributed by atoms with Crippen LogP contribution in [0.25, 0.3) is 0 Å². The molecule has 1 aliphatic rings. The van der Waals surface area contributed by atoms with Gasteiger partial charge in [-0.1, -0.05) is 0 Å². The second kappa shape index (κ2) is 4.53. The van der Waals surface area contributed by atoms with E-state index in [1.807, 2.05) is 25.1 Å².